The Morgan fingerprint density at radius 2 is 2.00 bits per heavy atom. The predicted molar refractivity (Wildman–Crippen MR) is 98.6 cm³/mol. The van der Waals surface area contributed by atoms with Crippen LogP contribution in [-0.4, -0.2) is 21.6 Å². The van der Waals surface area contributed by atoms with Gasteiger partial charge in [0.2, 0.25) is 5.91 Å². The largest absolute Gasteiger partial charge is 0.325 e. The van der Waals surface area contributed by atoms with Crippen molar-refractivity contribution >= 4 is 23.4 Å². The van der Waals surface area contributed by atoms with E-state index < -0.39 is 0 Å². The number of carbonyl (C=O) groups is 1. The lowest BCUT2D eigenvalue weighted by Crippen LogP contribution is -2.15. The van der Waals surface area contributed by atoms with Gasteiger partial charge in [0.15, 0.2) is 5.16 Å². The highest BCUT2D eigenvalue weighted by atomic mass is 32.2. The quantitative estimate of drug-likeness (QED) is 0.436. The Bertz CT molecular complexity index is 726. The molecule has 0 saturated heterocycles. The Morgan fingerprint density at radius 1 is 1.25 bits per heavy atom. The van der Waals surface area contributed by atoms with Gasteiger partial charge in [0.1, 0.15) is 0 Å². The maximum Gasteiger partial charge on any atom is 0.251 e. The Hall–Kier alpha value is -2.08. The van der Waals surface area contributed by atoms with Gasteiger partial charge in [-0.05, 0) is 37.5 Å². The fourth-order valence-electron chi connectivity index (χ4n) is 2.28. The van der Waals surface area contributed by atoms with Gasteiger partial charge in [-0.2, -0.15) is 0 Å². The molecule has 0 aliphatic rings. The monoisotopic (exact) mass is 345 g/mol. The van der Waals surface area contributed by atoms with Crippen molar-refractivity contribution in [1.82, 2.24) is 9.97 Å². The molecule has 2 rings (SSSR count). The Kier molecular flexibility index (Phi) is 7.06. The van der Waals surface area contributed by atoms with Crippen LogP contribution < -0.4 is 10.9 Å². The van der Waals surface area contributed by atoms with E-state index in [0.29, 0.717) is 10.9 Å². The van der Waals surface area contributed by atoms with Gasteiger partial charge in [0.25, 0.3) is 5.56 Å². The van der Waals surface area contributed by atoms with E-state index in [1.165, 1.54) is 42.7 Å². The normalized spacial score (nSPS) is 10.6. The zero-order valence-electron chi connectivity index (χ0n) is 14.1. The number of H-pyrrole nitrogens is 1. The number of carbonyl (C=O) groups excluding carboxylic acids is 1. The van der Waals surface area contributed by atoms with Gasteiger partial charge >= 0.3 is 0 Å². The lowest BCUT2D eigenvalue weighted by molar-refractivity contribution is -0.113. The summed E-state index contributed by atoms with van der Waals surface area (Å²) in [6, 6.07) is 9.38. The first-order valence-electron chi connectivity index (χ1n) is 8.16. The van der Waals surface area contributed by atoms with Crippen LogP contribution in [0.4, 0.5) is 5.69 Å². The van der Waals surface area contributed by atoms with Crippen LogP contribution in [0.2, 0.25) is 0 Å². The molecule has 0 aliphatic carbocycles. The van der Waals surface area contributed by atoms with Crippen molar-refractivity contribution in [3.05, 3.63) is 51.9 Å². The average molecular weight is 345 g/mol. The minimum absolute atomic E-state index is 0.122. The second-order valence-electron chi connectivity index (χ2n) is 5.68. The second-order valence-corrected chi connectivity index (χ2v) is 6.65. The average Bonchev–Trinajstić information content (AvgIpc) is 2.54. The van der Waals surface area contributed by atoms with E-state index in [0.717, 1.165) is 12.1 Å². The van der Waals surface area contributed by atoms with Crippen molar-refractivity contribution in [2.24, 2.45) is 0 Å². The van der Waals surface area contributed by atoms with Gasteiger partial charge in [-0.25, -0.2) is 4.98 Å². The van der Waals surface area contributed by atoms with Crippen LogP contribution in [0.3, 0.4) is 0 Å². The predicted octanol–water partition coefficient (Wildman–Crippen LogP) is 3.54. The van der Waals surface area contributed by atoms with Gasteiger partial charge < -0.3 is 10.3 Å². The van der Waals surface area contributed by atoms with Crippen LogP contribution in [0.5, 0.6) is 0 Å². The Balaban J connectivity index is 1.82. The first kappa shape index (κ1) is 18.3. The summed E-state index contributed by atoms with van der Waals surface area (Å²) in [5.41, 5.74) is 2.51. The summed E-state index contributed by atoms with van der Waals surface area (Å²) in [7, 11) is 0. The molecule has 24 heavy (non-hydrogen) atoms. The molecule has 2 N–H and O–H groups in total. The number of amides is 1. The van der Waals surface area contributed by atoms with E-state index in [4.69, 9.17) is 0 Å². The first-order valence-corrected chi connectivity index (χ1v) is 9.15. The van der Waals surface area contributed by atoms with Gasteiger partial charge in [0.05, 0.1) is 5.75 Å². The minimum atomic E-state index is -0.205. The van der Waals surface area contributed by atoms with Gasteiger partial charge in [-0.1, -0.05) is 43.7 Å². The molecule has 0 saturated carbocycles. The van der Waals surface area contributed by atoms with Crippen LogP contribution in [0, 0.1) is 6.92 Å². The van der Waals surface area contributed by atoms with Crippen molar-refractivity contribution in [2.75, 3.05) is 11.1 Å². The number of thioether (sulfide) groups is 1. The number of aryl methyl sites for hydroxylation is 2. The molecule has 6 heteroatoms. The molecule has 0 aliphatic heterocycles. The Morgan fingerprint density at radius 3 is 2.67 bits per heavy atom. The third kappa shape index (κ3) is 6.20. The van der Waals surface area contributed by atoms with E-state index in [1.54, 1.807) is 6.92 Å². The molecule has 1 amide bonds. The number of benzene rings is 1. The summed E-state index contributed by atoms with van der Waals surface area (Å²) in [5.74, 6) is 0.0767. The molecule has 0 atom stereocenters. The van der Waals surface area contributed by atoms with Gasteiger partial charge in [-0.15, -0.1) is 0 Å². The summed E-state index contributed by atoms with van der Waals surface area (Å²) in [4.78, 5) is 30.2. The molecule has 1 aromatic heterocycles. The van der Waals surface area contributed by atoms with Crippen molar-refractivity contribution in [3.8, 4) is 0 Å². The fourth-order valence-corrected chi connectivity index (χ4v) is 3.01. The standard InChI is InChI=1S/C18H23N3O2S/c1-3-4-5-6-14-7-9-15(10-8-14)20-17(23)12-24-18-19-13(2)11-16(22)21-18/h7-11H,3-6,12H2,1-2H3,(H,20,23)(H,19,21,22). The number of nitrogens with zero attached hydrogens (tertiary/aromatic N) is 1. The molecular weight excluding hydrogens is 322 g/mol. The molecule has 128 valence electrons. The molecule has 5 nitrogen and oxygen atoms in total. The smallest absolute Gasteiger partial charge is 0.251 e. The topological polar surface area (TPSA) is 74.8 Å². The number of nitrogens with one attached hydrogen (secondary N) is 2. The maximum absolute atomic E-state index is 12.0. The van der Waals surface area contributed by atoms with Crippen molar-refractivity contribution in [1.29, 1.82) is 0 Å². The molecular formula is C18H23N3O2S. The van der Waals surface area contributed by atoms with Gasteiger partial charge in [0, 0.05) is 17.4 Å². The van der Waals surface area contributed by atoms with E-state index in [-0.39, 0.29) is 17.2 Å². The summed E-state index contributed by atoms with van der Waals surface area (Å²) in [6.07, 6.45) is 4.72. The summed E-state index contributed by atoms with van der Waals surface area (Å²) >= 11 is 1.21. The molecule has 0 fully saturated rings. The SMILES string of the molecule is CCCCCc1ccc(NC(=O)CSc2nc(C)cc(=O)[nH]2)cc1. The minimum Gasteiger partial charge on any atom is -0.325 e. The molecule has 2 aromatic rings. The zero-order chi connectivity index (χ0) is 17.4. The van der Waals surface area contributed by atoms with Crippen molar-refractivity contribution in [2.45, 2.75) is 44.7 Å². The number of hydrogen-bond acceptors (Lipinski definition) is 4. The lowest BCUT2D eigenvalue weighted by Gasteiger charge is -2.07. The number of rotatable bonds is 8. The number of anilines is 1. The van der Waals surface area contributed by atoms with Crippen LogP contribution in [0.1, 0.15) is 37.4 Å². The molecule has 1 heterocycles. The highest BCUT2D eigenvalue weighted by Gasteiger charge is 2.06. The van der Waals surface area contributed by atoms with Crippen molar-refractivity contribution in [3.63, 3.8) is 0 Å². The van der Waals surface area contributed by atoms with E-state index in [9.17, 15) is 9.59 Å². The third-order valence-corrected chi connectivity index (χ3v) is 4.37. The first-order chi connectivity index (χ1) is 11.6. The van der Waals surface area contributed by atoms with Crippen LogP contribution in [0.15, 0.2) is 40.3 Å². The van der Waals surface area contributed by atoms with Gasteiger partial charge in [-0.3, -0.25) is 9.59 Å². The number of aromatic nitrogens is 2. The van der Waals surface area contributed by atoms with Crippen molar-refractivity contribution < 1.29 is 4.79 Å². The summed E-state index contributed by atoms with van der Waals surface area (Å²) < 4.78 is 0. The lowest BCUT2D eigenvalue weighted by atomic mass is 10.1. The van der Waals surface area contributed by atoms with E-state index in [1.807, 2.05) is 12.1 Å². The van der Waals surface area contributed by atoms with Crippen LogP contribution in [-0.2, 0) is 11.2 Å². The zero-order valence-corrected chi connectivity index (χ0v) is 14.9. The molecule has 0 bridgehead atoms. The number of aromatic amines is 1. The molecule has 0 unspecified atom stereocenters. The van der Waals surface area contributed by atoms with Crippen LogP contribution >= 0.6 is 11.8 Å². The number of hydrogen-bond donors (Lipinski definition) is 2. The highest BCUT2D eigenvalue weighted by molar-refractivity contribution is 7.99. The molecule has 0 spiro atoms. The maximum atomic E-state index is 12.0. The highest BCUT2D eigenvalue weighted by Crippen LogP contribution is 2.15. The van der Waals surface area contributed by atoms with E-state index >= 15 is 0 Å². The second kappa shape index (κ2) is 9.27. The summed E-state index contributed by atoms with van der Waals surface area (Å²) in [5, 5.41) is 3.32. The fraction of sp³-hybridized carbons (Fsp3) is 0.389. The van der Waals surface area contributed by atoms with E-state index in [2.05, 4.69) is 34.3 Å². The summed E-state index contributed by atoms with van der Waals surface area (Å²) in [6.45, 7) is 3.94. The molecule has 1 aromatic carbocycles. The Labute approximate surface area is 146 Å². The van der Waals surface area contributed by atoms with Crippen LogP contribution in [0.25, 0.3) is 0 Å². The molecule has 0 radical (unpaired) electrons. The number of unbranched alkanes of at least 4 members (excludes halogenated alkanes) is 2. The third-order valence-electron chi connectivity index (χ3n) is 3.49.